The lowest BCUT2D eigenvalue weighted by Gasteiger charge is -2.33. The molecule has 0 fully saturated rings. The Hall–Kier alpha value is -2.42. The van der Waals surface area contributed by atoms with Crippen LogP contribution in [0.25, 0.3) is 0 Å². The summed E-state index contributed by atoms with van der Waals surface area (Å²) in [6.45, 7) is 1.84. The molecule has 2 aliphatic heterocycles. The summed E-state index contributed by atoms with van der Waals surface area (Å²) in [7, 11) is -3.04. The molecule has 0 amide bonds. The zero-order chi connectivity index (χ0) is 18.2. The molecular weight excluding hydrogens is 353 g/mol. The van der Waals surface area contributed by atoms with Crippen molar-refractivity contribution >= 4 is 22.8 Å². The molecule has 0 spiro atoms. The number of fused-ring (bicyclic) bond motifs is 1. The number of hydrazone groups is 1. The third-order valence-electron chi connectivity index (χ3n) is 3.84. The van der Waals surface area contributed by atoms with Crippen molar-refractivity contribution in [2.24, 2.45) is 5.10 Å². The van der Waals surface area contributed by atoms with Crippen LogP contribution in [0.5, 0.6) is 0 Å². The van der Waals surface area contributed by atoms with Crippen molar-refractivity contribution in [3.05, 3.63) is 53.0 Å². The molecule has 0 saturated carbocycles. The Kier molecular flexibility index (Phi) is 4.51. The van der Waals surface area contributed by atoms with Crippen LogP contribution in [0.1, 0.15) is 18.9 Å². The van der Waals surface area contributed by atoms with Gasteiger partial charge in [-0.05, 0) is 30.7 Å². The third-order valence-corrected chi connectivity index (χ3v) is 4.96. The number of rotatable bonds is 3. The number of alkyl halides is 3. The van der Waals surface area contributed by atoms with Gasteiger partial charge in [-0.25, -0.2) is 4.21 Å². The summed E-state index contributed by atoms with van der Waals surface area (Å²) in [6, 6.07) is 5.41. The Balaban J connectivity index is 1.81. The van der Waals surface area contributed by atoms with Crippen molar-refractivity contribution in [3.8, 4) is 0 Å². The number of allylic oxidation sites excluding steroid dienone is 2. The molecule has 5 nitrogen and oxygen atoms in total. The normalized spacial score (nSPS) is 18.6. The molecule has 3 rings (SSSR count). The first-order chi connectivity index (χ1) is 11.8. The van der Waals surface area contributed by atoms with Gasteiger partial charge in [-0.1, -0.05) is 12.1 Å². The number of amidine groups is 1. The van der Waals surface area contributed by atoms with Crippen molar-refractivity contribution in [1.82, 2.24) is 10.3 Å². The second-order valence-electron chi connectivity index (χ2n) is 5.55. The first kappa shape index (κ1) is 17.4. The average Bonchev–Trinajstić information content (AvgIpc) is 2.58. The number of nitrogens with one attached hydrogen (secondary N) is 2. The Morgan fingerprint density at radius 1 is 1.32 bits per heavy atom. The predicted octanol–water partition coefficient (Wildman–Crippen LogP) is 3.24. The van der Waals surface area contributed by atoms with Gasteiger partial charge in [0, 0.05) is 35.2 Å². The van der Waals surface area contributed by atoms with E-state index in [0.717, 1.165) is 17.1 Å². The van der Waals surface area contributed by atoms with Crippen LogP contribution in [0.2, 0.25) is 0 Å². The van der Waals surface area contributed by atoms with Gasteiger partial charge in [0.05, 0.1) is 0 Å². The monoisotopic (exact) mass is 368 g/mol. The number of halogens is 3. The Morgan fingerprint density at radius 3 is 2.64 bits per heavy atom. The van der Waals surface area contributed by atoms with E-state index in [1.165, 1.54) is 29.3 Å². The van der Waals surface area contributed by atoms with Gasteiger partial charge >= 0.3 is 5.51 Å². The fourth-order valence-electron chi connectivity index (χ4n) is 2.58. The van der Waals surface area contributed by atoms with Crippen molar-refractivity contribution in [3.63, 3.8) is 0 Å². The van der Waals surface area contributed by atoms with E-state index < -0.39 is 16.3 Å². The molecular formula is C16H15F3N4OS. The minimum Gasteiger partial charge on any atom is -0.344 e. The Morgan fingerprint density at radius 2 is 2.00 bits per heavy atom. The molecule has 0 saturated heterocycles. The van der Waals surface area contributed by atoms with Crippen LogP contribution in [0.3, 0.4) is 0 Å². The molecule has 2 heterocycles. The topological polar surface area (TPSA) is 68.5 Å². The molecule has 1 unspecified atom stereocenters. The summed E-state index contributed by atoms with van der Waals surface area (Å²) < 4.78 is 48.8. The maximum Gasteiger partial charge on any atom is 0.475 e. The highest BCUT2D eigenvalue weighted by atomic mass is 32.2. The molecule has 0 aliphatic carbocycles. The summed E-state index contributed by atoms with van der Waals surface area (Å²) in [5.74, 6) is 0.950. The first-order valence-corrected chi connectivity index (χ1v) is 8.58. The van der Waals surface area contributed by atoms with Gasteiger partial charge < -0.3 is 5.32 Å². The van der Waals surface area contributed by atoms with Gasteiger partial charge in [0.15, 0.2) is 16.6 Å². The van der Waals surface area contributed by atoms with Crippen LogP contribution < -0.4 is 5.32 Å². The highest BCUT2D eigenvalue weighted by Crippen LogP contribution is 2.28. The third kappa shape index (κ3) is 3.51. The summed E-state index contributed by atoms with van der Waals surface area (Å²) in [5.41, 5.74) is -2.56. The Bertz CT molecular complexity index is 825. The molecule has 0 bridgehead atoms. The lowest BCUT2D eigenvalue weighted by Crippen LogP contribution is -2.40. The number of nitrogens with zero attached hydrogens (tertiary/aromatic N) is 2. The number of benzene rings is 1. The van der Waals surface area contributed by atoms with E-state index in [1.54, 1.807) is 6.21 Å². The van der Waals surface area contributed by atoms with Gasteiger partial charge in [0.1, 0.15) is 5.82 Å². The fourth-order valence-corrected chi connectivity index (χ4v) is 3.23. The van der Waals surface area contributed by atoms with Gasteiger partial charge in [-0.2, -0.15) is 23.3 Å². The van der Waals surface area contributed by atoms with Gasteiger partial charge in [0.25, 0.3) is 0 Å². The molecule has 132 valence electrons. The predicted molar refractivity (Wildman–Crippen MR) is 89.2 cm³/mol. The smallest absolute Gasteiger partial charge is 0.344 e. The van der Waals surface area contributed by atoms with Gasteiger partial charge in [-0.3, -0.25) is 5.41 Å². The first-order valence-electron chi connectivity index (χ1n) is 7.43. The SMILES string of the molecule is CC1=C(Cc2ccc(S(=O)C(F)(F)F)cc2)C(=N)N2N=CCC=C2N1. The quantitative estimate of drug-likeness (QED) is 0.861. The molecule has 1 aromatic rings. The largest absolute Gasteiger partial charge is 0.475 e. The van der Waals surface area contributed by atoms with Crippen LogP contribution in [0.4, 0.5) is 13.2 Å². The fraction of sp³-hybridized carbons (Fsp3) is 0.250. The van der Waals surface area contributed by atoms with E-state index in [9.17, 15) is 17.4 Å². The molecule has 9 heteroatoms. The molecule has 2 aliphatic rings. The van der Waals surface area contributed by atoms with Crippen LogP contribution in [-0.4, -0.2) is 26.8 Å². The van der Waals surface area contributed by atoms with Crippen LogP contribution in [0, 0.1) is 5.41 Å². The molecule has 2 N–H and O–H groups in total. The summed E-state index contributed by atoms with van der Waals surface area (Å²) in [4.78, 5) is -0.287. The molecule has 0 aromatic heterocycles. The van der Waals surface area contributed by atoms with Crippen LogP contribution in [0.15, 0.2) is 57.4 Å². The van der Waals surface area contributed by atoms with Crippen molar-refractivity contribution in [2.45, 2.75) is 30.2 Å². The van der Waals surface area contributed by atoms with Crippen LogP contribution in [-0.2, 0) is 17.2 Å². The summed E-state index contributed by atoms with van der Waals surface area (Å²) in [6.07, 6.45) is 4.66. The summed E-state index contributed by atoms with van der Waals surface area (Å²) >= 11 is 0. The minimum absolute atomic E-state index is 0.224. The van der Waals surface area contributed by atoms with Gasteiger partial charge in [-0.15, -0.1) is 0 Å². The lowest BCUT2D eigenvalue weighted by atomic mass is 10.0. The average molecular weight is 368 g/mol. The van der Waals surface area contributed by atoms with Gasteiger partial charge in [0.2, 0.25) is 0 Å². The highest BCUT2D eigenvalue weighted by Gasteiger charge is 2.37. The second kappa shape index (κ2) is 6.47. The maximum atomic E-state index is 12.5. The van der Waals surface area contributed by atoms with E-state index in [1.807, 2.05) is 13.0 Å². The molecule has 1 aromatic carbocycles. The van der Waals surface area contributed by atoms with E-state index in [4.69, 9.17) is 5.41 Å². The maximum absolute atomic E-state index is 12.5. The molecule has 25 heavy (non-hydrogen) atoms. The van der Waals surface area contributed by atoms with E-state index in [2.05, 4.69) is 10.4 Å². The standard InChI is InChI=1S/C16H15F3N4OS/c1-10-13(15(20)23-14(22-10)3-2-8-21-23)9-11-4-6-12(7-5-11)25(24)16(17,18)19/h3-8,20,22H,2,9H2,1H3. The number of hydrogen-bond donors (Lipinski definition) is 2. The number of hydrogen-bond acceptors (Lipinski definition) is 4. The minimum atomic E-state index is -4.77. The van der Waals surface area contributed by atoms with Crippen molar-refractivity contribution in [1.29, 1.82) is 5.41 Å². The lowest BCUT2D eigenvalue weighted by molar-refractivity contribution is -0.0384. The van der Waals surface area contributed by atoms with Crippen LogP contribution >= 0.6 is 0 Å². The molecule has 1 atom stereocenters. The highest BCUT2D eigenvalue weighted by molar-refractivity contribution is 7.86. The van der Waals surface area contributed by atoms with E-state index >= 15 is 0 Å². The van der Waals surface area contributed by atoms with Crippen molar-refractivity contribution < 1.29 is 17.4 Å². The summed E-state index contributed by atoms with van der Waals surface area (Å²) in [5, 5.41) is 17.2. The Labute approximate surface area is 144 Å². The molecule has 0 radical (unpaired) electrons. The van der Waals surface area contributed by atoms with E-state index in [0.29, 0.717) is 18.4 Å². The zero-order valence-corrected chi connectivity index (χ0v) is 14.0. The van der Waals surface area contributed by atoms with E-state index in [-0.39, 0.29) is 10.7 Å². The second-order valence-corrected chi connectivity index (χ2v) is 7.02. The zero-order valence-electron chi connectivity index (χ0n) is 13.2. The van der Waals surface area contributed by atoms with Crippen molar-refractivity contribution in [2.75, 3.05) is 0 Å².